The van der Waals surface area contributed by atoms with Gasteiger partial charge in [-0.05, 0) is 25.0 Å². The summed E-state index contributed by atoms with van der Waals surface area (Å²) in [7, 11) is 0. The Labute approximate surface area is 119 Å². The van der Waals surface area contributed by atoms with Crippen LogP contribution in [0, 0.1) is 11.2 Å². The number of hydrogen-bond acceptors (Lipinski definition) is 4. The van der Waals surface area contributed by atoms with E-state index in [1.54, 1.807) is 18.2 Å². The van der Waals surface area contributed by atoms with Crippen molar-refractivity contribution in [3.63, 3.8) is 0 Å². The van der Waals surface area contributed by atoms with Crippen molar-refractivity contribution >= 4 is 17.2 Å². The summed E-state index contributed by atoms with van der Waals surface area (Å²) < 4.78 is 18.9. The summed E-state index contributed by atoms with van der Waals surface area (Å²) in [6.07, 6.45) is 2.19. The van der Waals surface area contributed by atoms with Crippen LogP contribution >= 0.6 is 11.3 Å². The van der Waals surface area contributed by atoms with Gasteiger partial charge in [-0.1, -0.05) is 12.1 Å². The highest BCUT2D eigenvalue weighted by molar-refractivity contribution is 7.13. The van der Waals surface area contributed by atoms with Crippen molar-refractivity contribution in [2.75, 3.05) is 0 Å². The van der Waals surface area contributed by atoms with Crippen molar-refractivity contribution in [1.29, 1.82) is 5.41 Å². The highest BCUT2D eigenvalue weighted by atomic mass is 32.1. The van der Waals surface area contributed by atoms with Crippen molar-refractivity contribution < 1.29 is 9.13 Å². The topological polar surface area (TPSA) is 72.0 Å². The maximum absolute atomic E-state index is 13.4. The summed E-state index contributed by atoms with van der Waals surface area (Å²) in [5.74, 6) is 0.284. The molecule has 1 aliphatic rings. The van der Waals surface area contributed by atoms with Crippen LogP contribution in [0.25, 0.3) is 0 Å². The molecule has 0 amide bonds. The largest absolute Gasteiger partial charge is 0.483 e. The van der Waals surface area contributed by atoms with Crippen molar-refractivity contribution in [2.24, 2.45) is 5.73 Å². The summed E-state index contributed by atoms with van der Waals surface area (Å²) >= 11 is 1.35. The van der Waals surface area contributed by atoms with Crippen LogP contribution in [0.5, 0.6) is 5.75 Å². The molecule has 1 aliphatic carbocycles. The molecule has 2 aromatic rings. The van der Waals surface area contributed by atoms with E-state index in [1.807, 2.05) is 0 Å². The molecule has 0 spiro atoms. The van der Waals surface area contributed by atoms with Gasteiger partial charge in [-0.3, -0.25) is 5.41 Å². The van der Waals surface area contributed by atoms with E-state index < -0.39 is 5.82 Å². The molecule has 6 heteroatoms. The quantitative estimate of drug-likeness (QED) is 0.657. The first-order chi connectivity index (χ1) is 9.65. The zero-order valence-corrected chi connectivity index (χ0v) is 11.5. The monoisotopic (exact) mass is 291 g/mol. The fraction of sp³-hybridized carbons (Fsp3) is 0.286. The van der Waals surface area contributed by atoms with Crippen molar-refractivity contribution in [3.8, 4) is 5.75 Å². The van der Waals surface area contributed by atoms with E-state index in [0.717, 1.165) is 28.4 Å². The van der Waals surface area contributed by atoms with Gasteiger partial charge in [0.2, 0.25) is 0 Å². The summed E-state index contributed by atoms with van der Waals surface area (Å²) in [6, 6.07) is 6.27. The second kappa shape index (κ2) is 5.20. The fourth-order valence-corrected chi connectivity index (χ4v) is 2.89. The Morgan fingerprint density at radius 1 is 1.45 bits per heavy atom. The minimum absolute atomic E-state index is 0.0431. The standard InChI is InChI=1S/C14H14FN3OS/c15-9-3-1-2-4-10(9)19-7-11-18-12(8-5-6-8)13(20-11)14(16)17/h1-4,8H,5-7H2,(H3,16,17). The number of rotatable bonds is 5. The maximum atomic E-state index is 13.4. The number of halogens is 1. The molecule has 104 valence electrons. The normalized spacial score (nSPS) is 14.2. The van der Waals surface area contributed by atoms with Crippen molar-refractivity contribution in [1.82, 2.24) is 4.98 Å². The molecular weight excluding hydrogens is 277 g/mol. The molecule has 1 heterocycles. The summed E-state index contributed by atoms with van der Waals surface area (Å²) in [5.41, 5.74) is 6.48. The predicted octanol–water partition coefficient (Wildman–Crippen LogP) is 3.02. The van der Waals surface area contributed by atoms with Crippen LogP contribution in [-0.4, -0.2) is 10.8 Å². The number of nitrogens with zero attached hydrogens (tertiary/aromatic N) is 1. The van der Waals surface area contributed by atoms with Gasteiger partial charge in [0.1, 0.15) is 17.5 Å². The lowest BCUT2D eigenvalue weighted by Gasteiger charge is -2.04. The van der Waals surface area contributed by atoms with Crippen LogP contribution < -0.4 is 10.5 Å². The number of aromatic nitrogens is 1. The second-order valence-electron chi connectivity index (χ2n) is 4.73. The summed E-state index contributed by atoms with van der Waals surface area (Å²) in [4.78, 5) is 5.21. The van der Waals surface area contributed by atoms with Crippen LogP contribution in [0.1, 0.15) is 34.3 Å². The summed E-state index contributed by atoms with van der Waals surface area (Å²) in [6.45, 7) is 0.193. The summed E-state index contributed by atoms with van der Waals surface area (Å²) in [5, 5.41) is 8.31. The van der Waals surface area contributed by atoms with E-state index in [0.29, 0.717) is 5.92 Å². The number of para-hydroxylation sites is 1. The smallest absolute Gasteiger partial charge is 0.165 e. The van der Waals surface area contributed by atoms with Gasteiger partial charge >= 0.3 is 0 Å². The number of benzene rings is 1. The number of nitrogens with one attached hydrogen (secondary N) is 1. The van der Waals surface area contributed by atoms with Crippen molar-refractivity contribution in [3.05, 3.63) is 45.7 Å². The molecule has 0 aliphatic heterocycles. The SMILES string of the molecule is N=C(N)c1sc(COc2ccccc2F)nc1C1CC1. The van der Waals surface area contributed by atoms with Gasteiger partial charge in [0.15, 0.2) is 11.6 Å². The molecule has 0 bridgehead atoms. The zero-order chi connectivity index (χ0) is 14.1. The zero-order valence-electron chi connectivity index (χ0n) is 10.7. The average Bonchev–Trinajstić information content (AvgIpc) is 3.18. The molecule has 3 rings (SSSR count). The van der Waals surface area contributed by atoms with Gasteiger partial charge in [0, 0.05) is 5.92 Å². The molecule has 0 unspecified atom stereocenters. The molecule has 3 N–H and O–H groups in total. The molecule has 1 aromatic heterocycles. The minimum atomic E-state index is -0.390. The highest BCUT2D eigenvalue weighted by Crippen LogP contribution is 2.42. The maximum Gasteiger partial charge on any atom is 0.165 e. The predicted molar refractivity (Wildman–Crippen MR) is 75.8 cm³/mol. The van der Waals surface area contributed by atoms with Crippen LogP contribution in [0.2, 0.25) is 0 Å². The Balaban J connectivity index is 1.76. The van der Waals surface area contributed by atoms with E-state index >= 15 is 0 Å². The Hall–Kier alpha value is -1.95. The average molecular weight is 291 g/mol. The van der Waals surface area contributed by atoms with Gasteiger partial charge in [-0.2, -0.15) is 0 Å². The fourth-order valence-electron chi connectivity index (χ4n) is 1.97. The van der Waals surface area contributed by atoms with Crippen molar-refractivity contribution in [2.45, 2.75) is 25.4 Å². The molecule has 1 fully saturated rings. The lowest BCUT2D eigenvalue weighted by Crippen LogP contribution is -2.11. The van der Waals surface area contributed by atoms with E-state index in [9.17, 15) is 4.39 Å². The molecular formula is C14H14FN3OS. The minimum Gasteiger partial charge on any atom is -0.483 e. The molecule has 0 radical (unpaired) electrons. The van der Waals surface area contributed by atoms with Gasteiger partial charge in [-0.25, -0.2) is 9.37 Å². The van der Waals surface area contributed by atoms with Crippen LogP contribution in [-0.2, 0) is 6.61 Å². The number of ether oxygens (including phenoxy) is 1. The molecule has 0 atom stereocenters. The van der Waals surface area contributed by atoms with Gasteiger partial charge in [0.05, 0.1) is 10.6 Å². The first-order valence-corrected chi connectivity index (χ1v) is 7.18. The van der Waals surface area contributed by atoms with E-state index in [-0.39, 0.29) is 18.2 Å². The third-order valence-electron chi connectivity index (χ3n) is 3.09. The third kappa shape index (κ3) is 2.65. The van der Waals surface area contributed by atoms with Crippen LogP contribution in [0.3, 0.4) is 0 Å². The number of amidine groups is 1. The number of thiazole rings is 1. The van der Waals surface area contributed by atoms with Crippen LogP contribution in [0.15, 0.2) is 24.3 Å². The van der Waals surface area contributed by atoms with Gasteiger partial charge in [0.25, 0.3) is 0 Å². The van der Waals surface area contributed by atoms with E-state index in [2.05, 4.69) is 4.98 Å². The third-order valence-corrected chi connectivity index (χ3v) is 4.17. The first kappa shape index (κ1) is 13.1. The molecule has 1 saturated carbocycles. The van der Waals surface area contributed by atoms with Gasteiger partial charge < -0.3 is 10.5 Å². The number of nitrogen functional groups attached to an aromatic ring is 1. The Morgan fingerprint density at radius 3 is 2.85 bits per heavy atom. The van der Waals surface area contributed by atoms with E-state index in [4.69, 9.17) is 15.9 Å². The lowest BCUT2D eigenvalue weighted by atomic mass is 10.2. The Kier molecular flexibility index (Phi) is 3.40. The number of nitrogens with two attached hydrogens (primary N) is 1. The second-order valence-corrected chi connectivity index (χ2v) is 5.81. The first-order valence-electron chi connectivity index (χ1n) is 6.36. The molecule has 20 heavy (non-hydrogen) atoms. The highest BCUT2D eigenvalue weighted by Gasteiger charge is 2.30. The van der Waals surface area contributed by atoms with E-state index in [1.165, 1.54) is 17.4 Å². The Bertz CT molecular complexity index is 652. The van der Waals surface area contributed by atoms with Crippen LogP contribution in [0.4, 0.5) is 4.39 Å². The van der Waals surface area contributed by atoms with Gasteiger partial charge in [-0.15, -0.1) is 11.3 Å². The molecule has 4 nitrogen and oxygen atoms in total. The molecule has 0 saturated heterocycles. The lowest BCUT2D eigenvalue weighted by molar-refractivity contribution is 0.289. The Morgan fingerprint density at radius 2 is 2.20 bits per heavy atom. The molecule has 1 aromatic carbocycles. The number of hydrogen-bond donors (Lipinski definition) is 2.